The second-order valence-corrected chi connectivity index (χ2v) is 5.12. The van der Waals surface area contributed by atoms with Gasteiger partial charge in [-0.2, -0.15) is 0 Å². The Bertz CT molecular complexity index is 395. The van der Waals surface area contributed by atoms with Crippen molar-refractivity contribution in [2.24, 2.45) is 5.92 Å². The molecule has 18 heavy (non-hydrogen) atoms. The highest BCUT2D eigenvalue weighted by Gasteiger charge is 2.27. The van der Waals surface area contributed by atoms with E-state index in [-0.39, 0.29) is 11.8 Å². The maximum absolute atomic E-state index is 12.0. The fourth-order valence-electron chi connectivity index (χ4n) is 2.23. The highest BCUT2D eigenvalue weighted by Crippen LogP contribution is 2.12. The van der Waals surface area contributed by atoms with Gasteiger partial charge in [-0.15, -0.1) is 0 Å². The van der Waals surface area contributed by atoms with Crippen LogP contribution in [0.1, 0.15) is 24.5 Å². The molecule has 1 amide bonds. The van der Waals surface area contributed by atoms with Gasteiger partial charge in [0.15, 0.2) is 0 Å². The normalized spacial score (nSPS) is 15.2. The minimum absolute atomic E-state index is 0.189. The first-order chi connectivity index (χ1) is 8.70. The van der Waals surface area contributed by atoms with Crippen molar-refractivity contribution in [1.82, 2.24) is 10.2 Å². The molecule has 3 heteroatoms. The third-order valence-electron chi connectivity index (χ3n) is 3.49. The van der Waals surface area contributed by atoms with Crippen molar-refractivity contribution in [3.05, 3.63) is 35.4 Å². The molecule has 0 saturated carbocycles. The quantitative estimate of drug-likeness (QED) is 0.859. The van der Waals surface area contributed by atoms with E-state index in [1.807, 2.05) is 11.9 Å². The highest BCUT2D eigenvalue weighted by molar-refractivity contribution is 5.79. The number of carbonyl (C=O) groups excluding carboxylic acids is 1. The van der Waals surface area contributed by atoms with Crippen molar-refractivity contribution >= 4 is 5.91 Å². The van der Waals surface area contributed by atoms with E-state index >= 15 is 0 Å². The number of aryl methyl sites for hydroxylation is 1. The van der Waals surface area contributed by atoms with E-state index in [4.69, 9.17) is 0 Å². The van der Waals surface area contributed by atoms with Gasteiger partial charge in [-0.25, -0.2) is 0 Å². The van der Waals surface area contributed by atoms with Gasteiger partial charge in [-0.05, 0) is 17.5 Å². The zero-order chi connectivity index (χ0) is 13.0. The molecule has 1 aliphatic rings. The van der Waals surface area contributed by atoms with Gasteiger partial charge in [0.05, 0.1) is 5.92 Å². The SMILES string of the molecule is CCCc1ccc(CN(C)C(=O)C2CNC2)cc1. The molecular weight excluding hydrogens is 224 g/mol. The Morgan fingerprint density at radius 2 is 1.89 bits per heavy atom. The molecule has 0 spiro atoms. The lowest BCUT2D eigenvalue weighted by Crippen LogP contribution is -2.50. The van der Waals surface area contributed by atoms with Crippen LogP contribution in [-0.2, 0) is 17.8 Å². The summed E-state index contributed by atoms with van der Waals surface area (Å²) in [5.41, 5.74) is 2.58. The maximum atomic E-state index is 12.0. The largest absolute Gasteiger partial charge is 0.341 e. The minimum atomic E-state index is 0.189. The standard InChI is InChI=1S/C15H22N2O/c1-3-4-12-5-7-13(8-6-12)11-17(2)15(18)14-9-16-10-14/h5-8,14,16H,3-4,9-11H2,1-2H3. The van der Waals surface area contributed by atoms with E-state index in [0.29, 0.717) is 6.54 Å². The van der Waals surface area contributed by atoms with E-state index in [1.54, 1.807) is 0 Å². The van der Waals surface area contributed by atoms with Gasteiger partial charge < -0.3 is 10.2 Å². The first-order valence-corrected chi connectivity index (χ1v) is 6.74. The number of nitrogens with zero attached hydrogens (tertiary/aromatic N) is 1. The van der Waals surface area contributed by atoms with Crippen LogP contribution in [-0.4, -0.2) is 30.9 Å². The van der Waals surface area contributed by atoms with Crippen LogP contribution in [0.3, 0.4) is 0 Å². The Balaban J connectivity index is 1.89. The predicted octanol–water partition coefficient (Wildman–Crippen LogP) is 1.82. The fourth-order valence-corrected chi connectivity index (χ4v) is 2.23. The van der Waals surface area contributed by atoms with Crippen LogP contribution >= 0.6 is 0 Å². The Hall–Kier alpha value is -1.35. The van der Waals surface area contributed by atoms with Crippen LogP contribution in [0.4, 0.5) is 0 Å². The number of hydrogen-bond acceptors (Lipinski definition) is 2. The summed E-state index contributed by atoms with van der Waals surface area (Å²) in [7, 11) is 1.89. The molecule has 1 N–H and O–H groups in total. The van der Waals surface area contributed by atoms with Gasteiger partial charge in [0.2, 0.25) is 5.91 Å². The molecule has 0 radical (unpaired) electrons. The fraction of sp³-hybridized carbons (Fsp3) is 0.533. The first-order valence-electron chi connectivity index (χ1n) is 6.74. The first kappa shape index (κ1) is 13.1. The van der Waals surface area contributed by atoms with Gasteiger partial charge in [-0.3, -0.25) is 4.79 Å². The number of carbonyl (C=O) groups is 1. The molecule has 1 aliphatic heterocycles. The zero-order valence-corrected chi connectivity index (χ0v) is 11.3. The molecule has 1 fully saturated rings. The average molecular weight is 246 g/mol. The van der Waals surface area contributed by atoms with Crippen molar-refractivity contribution in [1.29, 1.82) is 0 Å². The Kier molecular flexibility index (Phi) is 4.37. The summed E-state index contributed by atoms with van der Waals surface area (Å²) >= 11 is 0. The van der Waals surface area contributed by atoms with E-state index < -0.39 is 0 Å². The van der Waals surface area contributed by atoms with Gasteiger partial charge in [0, 0.05) is 26.7 Å². The van der Waals surface area contributed by atoms with Crippen molar-refractivity contribution in [2.75, 3.05) is 20.1 Å². The van der Waals surface area contributed by atoms with E-state index in [2.05, 4.69) is 36.5 Å². The van der Waals surface area contributed by atoms with Crippen molar-refractivity contribution in [2.45, 2.75) is 26.3 Å². The summed E-state index contributed by atoms with van der Waals surface area (Å²) in [5, 5.41) is 3.13. The molecule has 1 saturated heterocycles. The molecule has 2 rings (SSSR count). The summed E-state index contributed by atoms with van der Waals surface area (Å²) in [4.78, 5) is 13.8. The highest BCUT2D eigenvalue weighted by atomic mass is 16.2. The predicted molar refractivity (Wildman–Crippen MR) is 73.3 cm³/mol. The topological polar surface area (TPSA) is 32.3 Å². The van der Waals surface area contributed by atoms with Gasteiger partial charge in [-0.1, -0.05) is 37.6 Å². The van der Waals surface area contributed by atoms with Crippen LogP contribution in [0, 0.1) is 5.92 Å². The van der Waals surface area contributed by atoms with Gasteiger partial charge >= 0.3 is 0 Å². The molecule has 1 heterocycles. The third kappa shape index (κ3) is 3.10. The summed E-state index contributed by atoms with van der Waals surface area (Å²) < 4.78 is 0. The summed E-state index contributed by atoms with van der Waals surface area (Å²) in [6.45, 7) is 4.56. The molecule has 3 nitrogen and oxygen atoms in total. The third-order valence-corrected chi connectivity index (χ3v) is 3.49. The molecule has 0 bridgehead atoms. The van der Waals surface area contributed by atoms with Gasteiger partial charge in [0.25, 0.3) is 0 Å². The lowest BCUT2D eigenvalue weighted by Gasteiger charge is -2.30. The number of amides is 1. The molecule has 0 aliphatic carbocycles. The molecular formula is C15H22N2O. The van der Waals surface area contributed by atoms with E-state index in [0.717, 1.165) is 19.5 Å². The Morgan fingerprint density at radius 3 is 2.39 bits per heavy atom. The number of nitrogens with one attached hydrogen (secondary N) is 1. The van der Waals surface area contributed by atoms with Gasteiger partial charge in [0.1, 0.15) is 0 Å². The number of hydrogen-bond donors (Lipinski definition) is 1. The molecule has 1 aromatic rings. The van der Waals surface area contributed by atoms with Crippen molar-refractivity contribution < 1.29 is 4.79 Å². The number of rotatable bonds is 5. The van der Waals surface area contributed by atoms with Crippen molar-refractivity contribution in [3.63, 3.8) is 0 Å². The lowest BCUT2D eigenvalue weighted by molar-refractivity contribution is -0.136. The molecule has 0 aromatic heterocycles. The Labute approximate surface area is 109 Å². The minimum Gasteiger partial charge on any atom is -0.341 e. The summed E-state index contributed by atoms with van der Waals surface area (Å²) in [5.74, 6) is 0.445. The molecule has 0 unspecified atom stereocenters. The molecule has 0 atom stereocenters. The second-order valence-electron chi connectivity index (χ2n) is 5.12. The van der Waals surface area contributed by atoms with Crippen molar-refractivity contribution in [3.8, 4) is 0 Å². The lowest BCUT2D eigenvalue weighted by atomic mass is 10.0. The molecule has 1 aromatic carbocycles. The van der Waals surface area contributed by atoms with Crippen LogP contribution in [0.5, 0.6) is 0 Å². The summed E-state index contributed by atoms with van der Waals surface area (Å²) in [6.07, 6.45) is 2.30. The van der Waals surface area contributed by atoms with Crippen LogP contribution in [0.15, 0.2) is 24.3 Å². The van der Waals surface area contributed by atoms with E-state index in [1.165, 1.54) is 17.5 Å². The molecule has 98 valence electrons. The van der Waals surface area contributed by atoms with Crippen LogP contribution < -0.4 is 5.32 Å². The Morgan fingerprint density at radius 1 is 1.28 bits per heavy atom. The number of benzene rings is 1. The monoisotopic (exact) mass is 246 g/mol. The zero-order valence-electron chi connectivity index (χ0n) is 11.3. The van der Waals surface area contributed by atoms with Crippen LogP contribution in [0.25, 0.3) is 0 Å². The average Bonchev–Trinajstić information content (AvgIpc) is 2.29. The van der Waals surface area contributed by atoms with Crippen LogP contribution in [0.2, 0.25) is 0 Å². The smallest absolute Gasteiger partial charge is 0.228 e. The van der Waals surface area contributed by atoms with E-state index in [9.17, 15) is 4.79 Å². The second kappa shape index (κ2) is 6.01. The summed E-state index contributed by atoms with van der Waals surface area (Å²) in [6, 6.07) is 8.60. The maximum Gasteiger partial charge on any atom is 0.228 e.